The van der Waals surface area contributed by atoms with Gasteiger partial charge < -0.3 is 19.6 Å². The molecule has 120 valence electrons. The summed E-state index contributed by atoms with van der Waals surface area (Å²) >= 11 is 0. The van der Waals surface area contributed by atoms with Crippen molar-refractivity contribution in [1.29, 1.82) is 0 Å². The zero-order valence-corrected chi connectivity index (χ0v) is 13.3. The van der Waals surface area contributed by atoms with Crippen LogP contribution in [-0.2, 0) is 4.79 Å². The normalized spacial score (nSPS) is 12.9. The lowest BCUT2D eigenvalue weighted by Gasteiger charge is -2.22. The molecule has 6 heteroatoms. The van der Waals surface area contributed by atoms with Gasteiger partial charge in [0, 0.05) is 5.39 Å². The van der Waals surface area contributed by atoms with Gasteiger partial charge in [0.15, 0.2) is 11.4 Å². The zero-order valence-electron chi connectivity index (χ0n) is 13.3. The number of nitrogens with zero attached hydrogens (tertiary/aromatic N) is 2. The van der Waals surface area contributed by atoms with Crippen LogP contribution in [0.5, 0.6) is 0 Å². The van der Waals surface area contributed by atoms with Gasteiger partial charge in [0.2, 0.25) is 0 Å². The number of carboxylic acid groups (broad SMARTS) is 1. The van der Waals surface area contributed by atoms with Crippen LogP contribution in [-0.4, -0.2) is 22.0 Å². The average Bonchev–Trinajstić information content (AvgIpc) is 2.85. The SMILES string of the molecule is Cc1nc(N[C@@H](CC(C)C)C(=O)[O-])c2oc3ccccc3c2n1. The van der Waals surface area contributed by atoms with Crippen molar-refractivity contribution in [2.24, 2.45) is 5.92 Å². The molecule has 0 aliphatic carbocycles. The van der Waals surface area contributed by atoms with Gasteiger partial charge in [-0.25, -0.2) is 9.97 Å². The molecule has 0 radical (unpaired) electrons. The molecule has 23 heavy (non-hydrogen) atoms. The van der Waals surface area contributed by atoms with Gasteiger partial charge >= 0.3 is 0 Å². The Kier molecular flexibility index (Phi) is 3.90. The Morgan fingerprint density at radius 1 is 1.30 bits per heavy atom. The van der Waals surface area contributed by atoms with Gasteiger partial charge in [-0.3, -0.25) is 0 Å². The lowest BCUT2D eigenvalue weighted by molar-refractivity contribution is -0.307. The first kappa shape index (κ1) is 15.3. The van der Waals surface area contributed by atoms with Crippen LogP contribution >= 0.6 is 0 Å². The maximum absolute atomic E-state index is 11.4. The summed E-state index contributed by atoms with van der Waals surface area (Å²) < 4.78 is 5.82. The molecule has 0 unspecified atom stereocenters. The molecule has 0 saturated carbocycles. The molecule has 0 amide bonds. The third-order valence-corrected chi connectivity index (χ3v) is 3.63. The number of furan rings is 1. The van der Waals surface area contributed by atoms with Gasteiger partial charge in [0.25, 0.3) is 0 Å². The maximum Gasteiger partial charge on any atom is 0.196 e. The topological polar surface area (TPSA) is 91.1 Å². The molecule has 1 aromatic carbocycles. The minimum absolute atomic E-state index is 0.208. The predicted molar refractivity (Wildman–Crippen MR) is 85.9 cm³/mol. The first-order valence-electron chi connectivity index (χ1n) is 7.59. The molecule has 0 spiro atoms. The van der Waals surface area contributed by atoms with E-state index in [1.165, 1.54) is 0 Å². The molecule has 0 aliphatic heterocycles. The van der Waals surface area contributed by atoms with E-state index in [4.69, 9.17) is 4.42 Å². The van der Waals surface area contributed by atoms with Crippen LogP contribution in [0.4, 0.5) is 5.82 Å². The quantitative estimate of drug-likeness (QED) is 0.777. The predicted octanol–water partition coefficient (Wildman–Crippen LogP) is 2.26. The van der Waals surface area contributed by atoms with E-state index in [2.05, 4.69) is 15.3 Å². The molecule has 1 N–H and O–H groups in total. The zero-order chi connectivity index (χ0) is 16.6. The number of anilines is 1. The number of fused-ring (bicyclic) bond motifs is 3. The second-order valence-electron chi connectivity index (χ2n) is 6.04. The van der Waals surface area contributed by atoms with Crippen molar-refractivity contribution in [3.05, 3.63) is 30.1 Å². The molecular weight excluding hydrogens is 294 g/mol. The standard InChI is InChI=1S/C17H19N3O3/c1-9(2)8-12(17(21)22)20-16-15-14(18-10(3)19-16)11-6-4-5-7-13(11)23-15/h4-7,9,12H,8H2,1-3H3,(H,21,22)(H,18,19,20)/p-1/t12-/m0/s1. The van der Waals surface area contributed by atoms with E-state index in [0.717, 1.165) is 5.39 Å². The number of benzene rings is 1. The fourth-order valence-corrected chi connectivity index (χ4v) is 2.65. The first-order valence-corrected chi connectivity index (χ1v) is 7.59. The van der Waals surface area contributed by atoms with Crippen LogP contribution in [0.25, 0.3) is 22.1 Å². The number of para-hydroxylation sites is 1. The molecule has 6 nitrogen and oxygen atoms in total. The van der Waals surface area contributed by atoms with Crippen molar-refractivity contribution in [1.82, 2.24) is 9.97 Å². The highest BCUT2D eigenvalue weighted by Gasteiger charge is 2.18. The molecule has 2 heterocycles. The van der Waals surface area contributed by atoms with Crippen molar-refractivity contribution in [2.75, 3.05) is 5.32 Å². The van der Waals surface area contributed by atoms with Gasteiger partial charge in [-0.15, -0.1) is 0 Å². The fraction of sp³-hybridized carbons (Fsp3) is 0.353. The second kappa shape index (κ2) is 5.87. The molecule has 3 rings (SSSR count). The summed E-state index contributed by atoms with van der Waals surface area (Å²) in [4.78, 5) is 20.1. The number of aromatic nitrogens is 2. The number of carboxylic acids is 1. The van der Waals surface area contributed by atoms with E-state index in [9.17, 15) is 9.90 Å². The molecule has 0 bridgehead atoms. The van der Waals surface area contributed by atoms with Crippen molar-refractivity contribution in [2.45, 2.75) is 33.2 Å². The van der Waals surface area contributed by atoms with Crippen molar-refractivity contribution in [3.63, 3.8) is 0 Å². The summed E-state index contributed by atoms with van der Waals surface area (Å²) in [6.07, 6.45) is 0.438. The van der Waals surface area contributed by atoms with Crippen LogP contribution in [0, 0.1) is 12.8 Å². The van der Waals surface area contributed by atoms with Crippen LogP contribution in [0.3, 0.4) is 0 Å². The van der Waals surface area contributed by atoms with Crippen molar-refractivity contribution < 1.29 is 14.3 Å². The summed E-state index contributed by atoms with van der Waals surface area (Å²) in [6.45, 7) is 5.68. The third kappa shape index (κ3) is 2.97. The van der Waals surface area contributed by atoms with E-state index in [-0.39, 0.29) is 5.92 Å². The number of rotatable bonds is 5. The van der Waals surface area contributed by atoms with Crippen LogP contribution in [0.15, 0.2) is 28.7 Å². The van der Waals surface area contributed by atoms with Crippen LogP contribution in [0.1, 0.15) is 26.1 Å². The molecule has 2 aromatic heterocycles. The molecular formula is C17H18N3O3-. The highest BCUT2D eigenvalue weighted by atomic mass is 16.4. The number of hydrogen-bond donors (Lipinski definition) is 1. The average molecular weight is 312 g/mol. The number of carbonyl (C=O) groups excluding carboxylic acids is 1. The molecule has 3 aromatic rings. The Labute approximate surface area is 133 Å². The molecule has 1 atom stereocenters. The Hall–Kier alpha value is -2.63. The summed E-state index contributed by atoms with van der Waals surface area (Å²) in [5.74, 6) is -0.00882. The number of hydrogen-bond acceptors (Lipinski definition) is 6. The lowest BCUT2D eigenvalue weighted by Crippen LogP contribution is -2.42. The van der Waals surface area contributed by atoms with Gasteiger partial charge in [0.1, 0.15) is 16.9 Å². The largest absolute Gasteiger partial charge is 0.548 e. The van der Waals surface area contributed by atoms with E-state index in [0.29, 0.717) is 34.7 Å². The number of aryl methyl sites for hydroxylation is 1. The maximum atomic E-state index is 11.4. The van der Waals surface area contributed by atoms with Crippen molar-refractivity contribution >= 4 is 33.9 Å². The number of nitrogens with one attached hydrogen (secondary N) is 1. The third-order valence-electron chi connectivity index (χ3n) is 3.63. The van der Waals surface area contributed by atoms with Gasteiger partial charge in [-0.2, -0.15) is 0 Å². The minimum atomic E-state index is -1.15. The number of carbonyl (C=O) groups is 1. The lowest BCUT2D eigenvalue weighted by atomic mass is 10.0. The molecule has 0 fully saturated rings. The summed E-state index contributed by atoms with van der Waals surface area (Å²) in [5.41, 5.74) is 1.84. The smallest absolute Gasteiger partial charge is 0.196 e. The van der Waals surface area contributed by atoms with E-state index in [1.807, 2.05) is 38.1 Å². The van der Waals surface area contributed by atoms with E-state index in [1.54, 1.807) is 6.92 Å². The Balaban J connectivity index is 2.11. The summed E-state index contributed by atoms with van der Waals surface area (Å²) in [6, 6.07) is 6.72. The summed E-state index contributed by atoms with van der Waals surface area (Å²) in [7, 11) is 0. The van der Waals surface area contributed by atoms with Crippen LogP contribution < -0.4 is 10.4 Å². The number of aliphatic carboxylic acids is 1. The fourth-order valence-electron chi connectivity index (χ4n) is 2.65. The van der Waals surface area contributed by atoms with Crippen molar-refractivity contribution in [3.8, 4) is 0 Å². The van der Waals surface area contributed by atoms with Gasteiger partial charge in [-0.1, -0.05) is 26.0 Å². The minimum Gasteiger partial charge on any atom is -0.548 e. The van der Waals surface area contributed by atoms with Gasteiger partial charge in [-0.05, 0) is 31.4 Å². The Morgan fingerprint density at radius 3 is 2.74 bits per heavy atom. The monoisotopic (exact) mass is 312 g/mol. The molecule has 0 saturated heterocycles. The highest BCUT2D eigenvalue weighted by molar-refractivity contribution is 6.05. The van der Waals surface area contributed by atoms with E-state index >= 15 is 0 Å². The summed E-state index contributed by atoms with van der Waals surface area (Å²) in [5, 5.41) is 15.2. The Bertz CT molecular complexity index is 870. The molecule has 0 aliphatic rings. The van der Waals surface area contributed by atoms with Gasteiger partial charge in [0.05, 0.1) is 12.0 Å². The highest BCUT2D eigenvalue weighted by Crippen LogP contribution is 2.31. The van der Waals surface area contributed by atoms with E-state index < -0.39 is 12.0 Å². The first-order chi connectivity index (χ1) is 11.0. The Morgan fingerprint density at radius 2 is 2.04 bits per heavy atom. The van der Waals surface area contributed by atoms with Crippen LogP contribution in [0.2, 0.25) is 0 Å². The second-order valence-corrected chi connectivity index (χ2v) is 6.04.